The van der Waals surface area contributed by atoms with Crippen molar-refractivity contribution in [1.82, 2.24) is 0 Å². The molecule has 1 heterocycles. The highest BCUT2D eigenvalue weighted by Gasteiger charge is 2.29. The van der Waals surface area contributed by atoms with E-state index in [2.05, 4.69) is 78.9 Å². The molecule has 108 valence electrons. The molecule has 0 aliphatic carbocycles. The number of fused-ring (bicyclic) bond motifs is 1. The molecular formula is C21H18O. The van der Waals surface area contributed by atoms with Crippen molar-refractivity contribution in [2.45, 2.75) is 18.6 Å². The number of rotatable bonds is 2. The van der Waals surface area contributed by atoms with E-state index in [1.807, 2.05) is 6.07 Å². The molecule has 0 saturated carbocycles. The molecule has 0 fully saturated rings. The molecule has 0 bridgehead atoms. The molecule has 3 aromatic carbocycles. The van der Waals surface area contributed by atoms with Crippen LogP contribution in [0.25, 0.3) is 0 Å². The summed E-state index contributed by atoms with van der Waals surface area (Å²) in [6, 6.07) is 29.6. The molecular weight excluding hydrogens is 268 g/mol. The topological polar surface area (TPSA) is 9.23 Å². The van der Waals surface area contributed by atoms with Crippen LogP contribution in [0.15, 0.2) is 84.9 Å². The lowest BCUT2D eigenvalue weighted by Crippen LogP contribution is -2.21. The summed E-state index contributed by atoms with van der Waals surface area (Å²) in [5, 5.41) is 0. The summed E-state index contributed by atoms with van der Waals surface area (Å²) in [5.41, 5.74) is 5.14. The minimum Gasteiger partial charge on any atom is -0.361 e. The predicted octanol–water partition coefficient (Wildman–Crippen LogP) is 5.09. The van der Waals surface area contributed by atoms with Gasteiger partial charge >= 0.3 is 0 Å². The van der Waals surface area contributed by atoms with Crippen molar-refractivity contribution in [1.29, 1.82) is 0 Å². The van der Waals surface area contributed by atoms with Gasteiger partial charge in [0, 0.05) is 6.42 Å². The Labute approximate surface area is 131 Å². The fourth-order valence-electron chi connectivity index (χ4n) is 3.21. The molecule has 1 nitrogen and oxygen atoms in total. The second-order valence-electron chi connectivity index (χ2n) is 5.73. The van der Waals surface area contributed by atoms with Gasteiger partial charge in [-0.1, -0.05) is 84.9 Å². The van der Waals surface area contributed by atoms with Crippen LogP contribution in [0.1, 0.15) is 34.5 Å². The summed E-state index contributed by atoms with van der Waals surface area (Å²) in [5.74, 6) is 0. The molecule has 1 aliphatic heterocycles. The first-order chi connectivity index (χ1) is 10.9. The monoisotopic (exact) mass is 286 g/mol. The van der Waals surface area contributed by atoms with Gasteiger partial charge in [0.25, 0.3) is 0 Å². The Morgan fingerprint density at radius 2 is 1.23 bits per heavy atom. The standard InChI is InChI=1S/C21H18O/c1-3-9-16(10-4-1)20-15-18-13-7-8-14-19(18)21(22-20)17-11-5-2-6-12-17/h1-14,20-21H,15H2. The zero-order valence-corrected chi connectivity index (χ0v) is 12.4. The number of benzene rings is 3. The molecule has 0 aromatic heterocycles. The third kappa shape index (κ3) is 2.44. The van der Waals surface area contributed by atoms with E-state index in [1.54, 1.807) is 0 Å². The third-order valence-corrected chi connectivity index (χ3v) is 4.32. The third-order valence-electron chi connectivity index (χ3n) is 4.32. The normalized spacial score (nSPS) is 20.4. The summed E-state index contributed by atoms with van der Waals surface area (Å²) in [6.45, 7) is 0. The van der Waals surface area contributed by atoms with E-state index in [1.165, 1.54) is 22.3 Å². The van der Waals surface area contributed by atoms with Crippen LogP contribution < -0.4 is 0 Å². The van der Waals surface area contributed by atoms with Crippen LogP contribution in [0.3, 0.4) is 0 Å². The van der Waals surface area contributed by atoms with E-state index in [0.717, 1.165) is 6.42 Å². The minimum absolute atomic E-state index is 0.0105. The molecule has 0 spiro atoms. The van der Waals surface area contributed by atoms with Crippen molar-refractivity contribution >= 4 is 0 Å². The van der Waals surface area contributed by atoms with Gasteiger partial charge in [0.15, 0.2) is 0 Å². The fourth-order valence-corrected chi connectivity index (χ4v) is 3.21. The molecule has 22 heavy (non-hydrogen) atoms. The average Bonchev–Trinajstić information content (AvgIpc) is 2.62. The Morgan fingerprint density at radius 1 is 0.636 bits per heavy atom. The Balaban J connectivity index is 1.77. The zero-order chi connectivity index (χ0) is 14.8. The highest BCUT2D eigenvalue weighted by Crippen LogP contribution is 2.40. The van der Waals surface area contributed by atoms with Gasteiger partial charge in [-0.05, 0) is 22.3 Å². The quantitative estimate of drug-likeness (QED) is 0.637. The van der Waals surface area contributed by atoms with Gasteiger partial charge in [0.1, 0.15) is 6.10 Å². The van der Waals surface area contributed by atoms with Crippen LogP contribution in [0, 0.1) is 0 Å². The van der Waals surface area contributed by atoms with E-state index in [-0.39, 0.29) is 12.2 Å². The van der Waals surface area contributed by atoms with Crippen molar-refractivity contribution in [2.75, 3.05) is 0 Å². The van der Waals surface area contributed by atoms with Gasteiger partial charge in [-0.15, -0.1) is 0 Å². The van der Waals surface area contributed by atoms with Crippen molar-refractivity contribution in [2.24, 2.45) is 0 Å². The first-order valence-electron chi connectivity index (χ1n) is 7.75. The molecule has 1 heteroatoms. The van der Waals surface area contributed by atoms with Crippen molar-refractivity contribution in [3.05, 3.63) is 107 Å². The molecule has 2 unspecified atom stereocenters. The Morgan fingerprint density at radius 3 is 1.95 bits per heavy atom. The van der Waals surface area contributed by atoms with Crippen LogP contribution in [-0.2, 0) is 11.2 Å². The lowest BCUT2D eigenvalue weighted by Gasteiger charge is -2.33. The average molecular weight is 286 g/mol. The van der Waals surface area contributed by atoms with Gasteiger partial charge in [0.2, 0.25) is 0 Å². The first kappa shape index (κ1) is 13.3. The van der Waals surface area contributed by atoms with Gasteiger partial charge in [-0.2, -0.15) is 0 Å². The van der Waals surface area contributed by atoms with Gasteiger partial charge in [-0.25, -0.2) is 0 Å². The fraction of sp³-hybridized carbons (Fsp3) is 0.143. The molecule has 1 aliphatic rings. The summed E-state index contributed by atoms with van der Waals surface area (Å²) >= 11 is 0. The van der Waals surface area contributed by atoms with Gasteiger partial charge in [0.05, 0.1) is 6.10 Å². The maximum absolute atomic E-state index is 6.48. The Hall–Kier alpha value is -2.38. The van der Waals surface area contributed by atoms with E-state index < -0.39 is 0 Å². The summed E-state index contributed by atoms with van der Waals surface area (Å²) in [6.07, 6.45) is 1.06. The molecule has 0 radical (unpaired) electrons. The highest BCUT2D eigenvalue weighted by atomic mass is 16.5. The van der Waals surface area contributed by atoms with Crippen LogP contribution >= 0.6 is 0 Å². The van der Waals surface area contributed by atoms with E-state index in [4.69, 9.17) is 4.74 Å². The first-order valence-corrected chi connectivity index (χ1v) is 7.75. The van der Waals surface area contributed by atoms with Gasteiger partial charge in [-0.3, -0.25) is 0 Å². The summed E-state index contributed by atoms with van der Waals surface area (Å²) in [4.78, 5) is 0. The lowest BCUT2D eigenvalue weighted by molar-refractivity contribution is -0.00547. The highest BCUT2D eigenvalue weighted by molar-refractivity contribution is 5.39. The van der Waals surface area contributed by atoms with E-state index in [0.29, 0.717) is 0 Å². The summed E-state index contributed by atoms with van der Waals surface area (Å²) < 4.78 is 6.48. The second-order valence-corrected chi connectivity index (χ2v) is 5.73. The maximum atomic E-state index is 6.48. The molecule has 3 aromatic rings. The number of hydrogen-bond acceptors (Lipinski definition) is 1. The molecule has 0 N–H and O–H groups in total. The van der Waals surface area contributed by atoms with Crippen LogP contribution in [0.4, 0.5) is 0 Å². The van der Waals surface area contributed by atoms with E-state index >= 15 is 0 Å². The largest absolute Gasteiger partial charge is 0.361 e. The number of hydrogen-bond donors (Lipinski definition) is 0. The van der Waals surface area contributed by atoms with Crippen LogP contribution in [0.5, 0.6) is 0 Å². The lowest BCUT2D eigenvalue weighted by atomic mass is 9.88. The smallest absolute Gasteiger partial charge is 0.109 e. The van der Waals surface area contributed by atoms with Crippen molar-refractivity contribution in [3.63, 3.8) is 0 Å². The summed E-state index contributed by atoms with van der Waals surface area (Å²) in [7, 11) is 0. The SMILES string of the molecule is c1ccc(C2Cc3ccccc3C(c3ccccc3)O2)cc1. The second kappa shape index (κ2) is 5.78. The molecule has 0 amide bonds. The number of ether oxygens (including phenoxy) is 1. The van der Waals surface area contributed by atoms with Crippen LogP contribution in [-0.4, -0.2) is 0 Å². The minimum atomic E-state index is 0.0105. The Kier molecular flexibility index (Phi) is 3.49. The van der Waals surface area contributed by atoms with E-state index in [9.17, 15) is 0 Å². The van der Waals surface area contributed by atoms with Crippen LogP contribution in [0.2, 0.25) is 0 Å². The Bertz CT molecular complexity index is 749. The predicted molar refractivity (Wildman–Crippen MR) is 88.7 cm³/mol. The van der Waals surface area contributed by atoms with Crippen molar-refractivity contribution in [3.8, 4) is 0 Å². The molecule has 4 rings (SSSR count). The molecule has 2 atom stereocenters. The maximum Gasteiger partial charge on any atom is 0.109 e. The molecule has 0 saturated heterocycles. The van der Waals surface area contributed by atoms with Gasteiger partial charge < -0.3 is 4.74 Å². The zero-order valence-electron chi connectivity index (χ0n) is 12.4. The van der Waals surface area contributed by atoms with Crippen molar-refractivity contribution < 1.29 is 4.74 Å².